The van der Waals surface area contributed by atoms with Crippen molar-refractivity contribution < 1.29 is 41.3 Å². The lowest BCUT2D eigenvalue weighted by Crippen LogP contribution is -2.46. The second kappa shape index (κ2) is 18.4. The molecule has 3 atom stereocenters. The number of halogens is 2. The molecular weight excluding hydrogens is 747 g/mol. The quantitative estimate of drug-likeness (QED) is 0.112. The van der Waals surface area contributed by atoms with Crippen LogP contribution in [0.15, 0.2) is 83.8 Å². The average Bonchev–Trinajstić information content (AvgIpc) is 3.13. The largest absolute Gasteiger partial charge is 0.497 e. The number of carbonyl (C=O) groups excluding carboxylic acids is 2. The van der Waals surface area contributed by atoms with E-state index in [1.807, 2.05) is 30.3 Å². The van der Waals surface area contributed by atoms with Gasteiger partial charge in [0.15, 0.2) is 0 Å². The third-order valence-corrected chi connectivity index (χ3v) is 10.9. The van der Waals surface area contributed by atoms with Crippen molar-refractivity contribution in [2.75, 3.05) is 25.7 Å². The molecule has 296 valence electrons. The van der Waals surface area contributed by atoms with Gasteiger partial charge in [0.25, 0.3) is 0 Å². The average molecular weight is 797 g/mol. The monoisotopic (exact) mass is 796 g/mol. The number of nitrogens with one attached hydrogen (secondary N) is 1. The molecule has 1 N–H and O–H groups in total. The topological polar surface area (TPSA) is 120 Å². The summed E-state index contributed by atoms with van der Waals surface area (Å²) in [6.07, 6.45) is -0.876. The van der Waals surface area contributed by atoms with Crippen LogP contribution in [0.1, 0.15) is 80.0 Å². The van der Waals surface area contributed by atoms with Crippen molar-refractivity contribution in [2.24, 2.45) is 0 Å². The molecule has 0 saturated heterocycles. The fourth-order valence-electron chi connectivity index (χ4n) is 6.26. The van der Waals surface area contributed by atoms with E-state index in [1.165, 1.54) is 18.2 Å². The first-order valence-corrected chi connectivity index (χ1v) is 19.7. The molecule has 0 aliphatic rings. The number of rotatable bonds is 16. The predicted molar refractivity (Wildman–Crippen MR) is 211 cm³/mol. The third-order valence-electron chi connectivity index (χ3n) is 9.15. The van der Waals surface area contributed by atoms with Crippen molar-refractivity contribution in [1.29, 1.82) is 0 Å². The summed E-state index contributed by atoms with van der Waals surface area (Å²) in [5.74, 6) is -2.55. The SMILES string of the molecule is COC(=O)[C@@H](NS(=O)(=O)c1c(C(C)OCc2ccccc2)cc(Cl)cc1N(CC(=O)OC(C)(C)C)Cc1ccc(OC)cc1)C(C)c1c(F)ccc(C)c1C. The lowest BCUT2D eigenvalue weighted by molar-refractivity contribution is -0.153. The Morgan fingerprint density at radius 1 is 0.927 bits per heavy atom. The lowest BCUT2D eigenvalue weighted by atomic mass is 9.88. The van der Waals surface area contributed by atoms with E-state index in [0.717, 1.165) is 18.2 Å². The van der Waals surface area contributed by atoms with Crippen LogP contribution < -0.4 is 14.4 Å². The van der Waals surface area contributed by atoms with Crippen LogP contribution >= 0.6 is 11.6 Å². The Morgan fingerprint density at radius 3 is 2.18 bits per heavy atom. The molecule has 0 aromatic heterocycles. The number of carbonyl (C=O) groups is 2. The van der Waals surface area contributed by atoms with Crippen molar-refractivity contribution in [1.82, 2.24) is 4.72 Å². The zero-order valence-electron chi connectivity index (χ0n) is 32.7. The number of hydrogen-bond donors (Lipinski definition) is 1. The minimum absolute atomic E-state index is 0.0370. The van der Waals surface area contributed by atoms with Gasteiger partial charge in [-0.15, -0.1) is 0 Å². The van der Waals surface area contributed by atoms with Gasteiger partial charge in [0, 0.05) is 23.0 Å². The van der Waals surface area contributed by atoms with Crippen LogP contribution in [-0.4, -0.2) is 52.8 Å². The van der Waals surface area contributed by atoms with E-state index >= 15 is 12.8 Å². The van der Waals surface area contributed by atoms with Crippen LogP contribution in [0, 0.1) is 19.7 Å². The Morgan fingerprint density at radius 2 is 1.58 bits per heavy atom. The van der Waals surface area contributed by atoms with Gasteiger partial charge in [-0.25, -0.2) is 12.8 Å². The van der Waals surface area contributed by atoms with Crippen LogP contribution in [0.25, 0.3) is 0 Å². The highest BCUT2D eigenvalue weighted by atomic mass is 35.5. The zero-order chi connectivity index (χ0) is 40.7. The molecule has 4 aromatic carbocycles. The van der Waals surface area contributed by atoms with Gasteiger partial charge in [-0.3, -0.25) is 9.59 Å². The van der Waals surface area contributed by atoms with Gasteiger partial charge in [0.05, 0.1) is 32.6 Å². The molecule has 0 amide bonds. The number of aryl methyl sites for hydroxylation is 1. The first-order valence-electron chi connectivity index (χ1n) is 17.8. The Labute approximate surface area is 328 Å². The van der Waals surface area contributed by atoms with Crippen LogP contribution in [0.2, 0.25) is 5.02 Å². The number of ether oxygens (including phenoxy) is 4. The van der Waals surface area contributed by atoms with E-state index in [9.17, 15) is 9.59 Å². The van der Waals surface area contributed by atoms with Gasteiger partial charge in [0.1, 0.15) is 34.6 Å². The minimum atomic E-state index is -4.75. The summed E-state index contributed by atoms with van der Waals surface area (Å²) in [6, 6.07) is 20.7. The number of esters is 2. The van der Waals surface area contributed by atoms with Crippen LogP contribution in [-0.2, 0) is 47.0 Å². The summed E-state index contributed by atoms with van der Waals surface area (Å²) in [7, 11) is -2.08. The summed E-state index contributed by atoms with van der Waals surface area (Å²) in [5.41, 5.74) is 2.41. The third kappa shape index (κ3) is 11.3. The maximum atomic E-state index is 15.4. The Balaban J connectivity index is 1.94. The summed E-state index contributed by atoms with van der Waals surface area (Å²) >= 11 is 6.78. The minimum Gasteiger partial charge on any atom is -0.497 e. The smallest absolute Gasteiger partial charge is 0.326 e. The van der Waals surface area contributed by atoms with Crippen molar-refractivity contribution in [3.05, 3.63) is 123 Å². The van der Waals surface area contributed by atoms with E-state index in [4.69, 9.17) is 30.5 Å². The van der Waals surface area contributed by atoms with Gasteiger partial charge in [-0.2, -0.15) is 4.72 Å². The fourth-order valence-corrected chi connectivity index (χ4v) is 8.23. The number of hydrogen-bond acceptors (Lipinski definition) is 9. The summed E-state index contributed by atoms with van der Waals surface area (Å²) in [4.78, 5) is 28.2. The van der Waals surface area contributed by atoms with Crippen LogP contribution in [0.5, 0.6) is 5.75 Å². The molecule has 0 radical (unpaired) electrons. The highest BCUT2D eigenvalue weighted by molar-refractivity contribution is 7.89. The van der Waals surface area contributed by atoms with E-state index in [1.54, 1.807) is 90.8 Å². The molecule has 2 unspecified atom stereocenters. The Hall–Kier alpha value is -4.49. The molecular formula is C42H50ClFN2O8S. The fraction of sp³-hybridized carbons (Fsp3) is 0.381. The van der Waals surface area contributed by atoms with Gasteiger partial charge >= 0.3 is 11.9 Å². The van der Waals surface area contributed by atoms with Gasteiger partial charge in [-0.05, 0) is 99.7 Å². The predicted octanol–water partition coefficient (Wildman–Crippen LogP) is 8.35. The van der Waals surface area contributed by atoms with E-state index in [0.29, 0.717) is 16.9 Å². The van der Waals surface area contributed by atoms with Crippen molar-refractivity contribution in [3.63, 3.8) is 0 Å². The van der Waals surface area contributed by atoms with Gasteiger partial charge in [-0.1, -0.05) is 67.1 Å². The second-order valence-electron chi connectivity index (χ2n) is 14.4. The van der Waals surface area contributed by atoms with Crippen molar-refractivity contribution in [2.45, 2.75) is 90.2 Å². The molecule has 0 bridgehead atoms. The molecule has 0 spiro atoms. The highest BCUT2D eigenvalue weighted by Gasteiger charge is 2.38. The normalized spacial score (nSPS) is 13.4. The van der Waals surface area contributed by atoms with Crippen molar-refractivity contribution in [3.8, 4) is 5.75 Å². The number of anilines is 1. The summed E-state index contributed by atoms with van der Waals surface area (Å²) < 4.78 is 70.5. The first kappa shape index (κ1) is 43.2. The number of methoxy groups -OCH3 is 2. The summed E-state index contributed by atoms with van der Waals surface area (Å²) in [6.45, 7) is 11.7. The number of sulfonamides is 1. The maximum Gasteiger partial charge on any atom is 0.326 e. The summed E-state index contributed by atoms with van der Waals surface area (Å²) in [5, 5.41) is 0.165. The Bertz CT molecular complexity index is 2070. The molecule has 13 heteroatoms. The van der Waals surface area contributed by atoms with E-state index in [2.05, 4.69) is 4.72 Å². The molecule has 10 nitrogen and oxygen atoms in total. The number of benzene rings is 4. The lowest BCUT2D eigenvalue weighted by Gasteiger charge is -2.31. The van der Waals surface area contributed by atoms with Gasteiger partial charge in [0.2, 0.25) is 10.0 Å². The molecule has 4 rings (SSSR count). The van der Waals surface area contributed by atoms with Gasteiger partial charge < -0.3 is 23.8 Å². The maximum absolute atomic E-state index is 15.4. The first-order chi connectivity index (χ1) is 25.8. The molecule has 0 aliphatic carbocycles. The van der Waals surface area contributed by atoms with Crippen molar-refractivity contribution >= 4 is 39.3 Å². The van der Waals surface area contributed by atoms with E-state index in [-0.39, 0.29) is 46.4 Å². The van der Waals surface area contributed by atoms with Crippen LogP contribution in [0.3, 0.4) is 0 Å². The highest BCUT2D eigenvalue weighted by Crippen LogP contribution is 2.39. The van der Waals surface area contributed by atoms with E-state index < -0.39 is 51.4 Å². The zero-order valence-corrected chi connectivity index (χ0v) is 34.3. The molecule has 55 heavy (non-hydrogen) atoms. The second-order valence-corrected chi connectivity index (χ2v) is 16.5. The Kier molecular flexibility index (Phi) is 14.5. The standard InChI is InChI=1S/C42H50ClFN2O8S/c1-26-15-20-35(44)38(27(26)2)28(3)39(41(48)52-9)45-55(49,50)40-34(29(4)53-25-31-13-11-10-12-14-31)21-32(43)22-36(40)46(24-37(47)54-42(5,6)7)23-30-16-18-33(51-8)19-17-30/h10-22,28-29,39,45H,23-25H2,1-9H3/t28?,29?,39-/m0/s1. The molecule has 0 saturated carbocycles. The molecule has 4 aromatic rings. The number of nitrogens with zero attached hydrogens (tertiary/aromatic N) is 1. The molecule has 0 aliphatic heterocycles. The van der Waals surface area contributed by atoms with Crippen LogP contribution in [0.4, 0.5) is 10.1 Å². The molecule has 0 heterocycles. The molecule has 0 fully saturated rings.